The molecule has 0 radical (unpaired) electrons. The number of rotatable bonds is 5. The summed E-state index contributed by atoms with van der Waals surface area (Å²) in [5.41, 5.74) is 0.571. The molecule has 0 aliphatic rings. The maximum Gasteiger partial charge on any atom is 0.392 e. The molecule has 0 aromatic heterocycles. The Morgan fingerprint density at radius 3 is 2.50 bits per heavy atom. The minimum absolute atomic E-state index is 0.193. The van der Waals surface area contributed by atoms with Gasteiger partial charge >= 0.3 is 6.18 Å². The summed E-state index contributed by atoms with van der Waals surface area (Å²) in [5.74, 6) is 0.467. The SMILES string of the molecule is COc1cc(CO)cc(Br)c1OCCC(F)(F)F. The van der Waals surface area contributed by atoms with E-state index >= 15 is 0 Å². The van der Waals surface area contributed by atoms with Gasteiger partial charge in [0.25, 0.3) is 0 Å². The summed E-state index contributed by atoms with van der Waals surface area (Å²) in [6.45, 7) is -0.686. The zero-order valence-corrected chi connectivity index (χ0v) is 11.1. The second-order valence-electron chi connectivity index (χ2n) is 3.48. The van der Waals surface area contributed by atoms with Crippen molar-refractivity contribution < 1.29 is 27.8 Å². The third-order valence-corrected chi connectivity index (χ3v) is 2.69. The molecule has 0 spiro atoms. The molecular formula is C11H12BrF3O3. The number of hydrogen-bond donors (Lipinski definition) is 1. The summed E-state index contributed by atoms with van der Waals surface area (Å²) in [6, 6.07) is 3.07. The van der Waals surface area contributed by atoms with E-state index in [1.165, 1.54) is 13.2 Å². The maximum absolute atomic E-state index is 12.0. The summed E-state index contributed by atoms with van der Waals surface area (Å²) in [4.78, 5) is 0. The standard InChI is InChI=1S/C11H12BrF3O3/c1-17-9-5-7(6-16)4-8(12)10(9)18-3-2-11(13,14)15/h4-5,16H,2-3,6H2,1H3. The lowest BCUT2D eigenvalue weighted by Crippen LogP contribution is -2.13. The van der Waals surface area contributed by atoms with Crippen molar-refractivity contribution in [3.63, 3.8) is 0 Å². The highest BCUT2D eigenvalue weighted by Gasteiger charge is 2.27. The molecule has 0 unspecified atom stereocenters. The molecular weight excluding hydrogens is 317 g/mol. The molecule has 102 valence electrons. The first-order valence-corrected chi connectivity index (χ1v) is 5.83. The lowest BCUT2D eigenvalue weighted by molar-refractivity contribution is -0.139. The van der Waals surface area contributed by atoms with Gasteiger partial charge in [0.15, 0.2) is 11.5 Å². The van der Waals surface area contributed by atoms with Crippen LogP contribution in [0.1, 0.15) is 12.0 Å². The van der Waals surface area contributed by atoms with E-state index in [-0.39, 0.29) is 18.1 Å². The van der Waals surface area contributed by atoms with Gasteiger partial charge in [-0.15, -0.1) is 0 Å². The van der Waals surface area contributed by atoms with Crippen LogP contribution in [0.2, 0.25) is 0 Å². The molecule has 3 nitrogen and oxygen atoms in total. The smallest absolute Gasteiger partial charge is 0.392 e. The van der Waals surface area contributed by atoms with Crippen molar-refractivity contribution >= 4 is 15.9 Å². The number of aliphatic hydroxyl groups excluding tert-OH is 1. The highest BCUT2D eigenvalue weighted by atomic mass is 79.9. The largest absolute Gasteiger partial charge is 0.493 e. The van der Waals surface area contributed by atoms with Crippen molar-refractivity contribution in [2.75, 3.05) is 13.7 Å². The van der Waals surface area contributed by atoms with Crippen molar-refractivity contribution in [1.82, 2.24) is 0 Å². The van der Waals surface area contributed by atoms with Gasteiger partial charge in [0.1, 0.15) is 0 Å². The van der Waals surface area contributed by atoms with Crippen LogP contribution >= 0.6 is 15.9 Å². The predicted octanol–water partition coefficient (Wildman–Crippen LogP) is 3.28. The first-order valence-electron chi connectivity index (χ1n) is 5.04. The molecule has 0 saturated heterocycles. The van der Waals surface area contributed by atoms with E-state index in [0.29, 0.717) is 10.0 Å². The number of aliphatic hydroxyl groups is 1. The Morgan fingerprint density at radius 2 is 2.00 bits per heavy atom. The zero-order chi connectivity index (χ0) is 13.8. The number of benzene rings is 1. The Balaban J connectivity index is 2.81. The lowest BCUT2D eigenvalue weighted by atomic mass is 10.2. The highest BCUT2D eigenvalue weighted by Crippen LogP contribution is 2.37. The number of halogens is 4. The molecule has 0 fully saturated rings. The van der Waals surface area contributed by atoms with Gasteiger partial charge in [-0.05, 0) is 33.6 Å². The number of alkyl halides is 3. The van der Waals surface area contributed by atoms with Crippen molar-refractivity contribution in [2.45, 2.75) is 19.2 Å². The number of methoxy groups -OCH3 is 1. The maximum atomic E-state index is 12.0. The summed E-state index contributed by atoms with van der Waals surface area (Å²) in [6.07, 6.45) is -5.30. The van der Waals surface area contributed by atoms with E-state index in [2.05, 4.69) is 15.9 Å². The zero-order valence-electron chi connectivity index (χ0n) is 9.55. The van der Waals surface area contributed by atoms with Crippen LogP contribution in [0, 0.1) is 0 Å². The van der Waals surface area contributed by atoms with Gasteiger partial charge in [0.05, 0.1) is 31.2 Å². The monoisotopic (exact) mass is 328 g/mol. The quantitative estimate of drug-likeness (QED) is 0.901. The average Bonchev–Trinajstić information content (AvgIpc) is 2.29. The van der Waals surface area contributed by atoms with E-state index in [4.69, 9.17) is 14.6 Å². The minimum Gasteiger partial charge on any atom is -0.493 e. The second kappa shape index (κ2) is 6.29. The molecule has 0 bridgehead atoms. The fraction of sp³-hybridized carbons (Fsp3) is 0.455. The van der Waals surface area contributed by atoms with Gasteiger partial charge in [-0.2, -0.15) is 13.2 Å². The Kier molecular flexibility index (Phi) is 5.28. The van der Waals surface area contributed by atoms with E-state index in [9.17, 15) is 13.2 Å². The van der Waals surface area contributed by atoms with Crippen LogP contribution in [0.3, 0.4) is 0 Å². The van der Waals surface area contributed by atoms with Crippen molar-refractivity contribution in [3.05, 3.63) is 22.2 Å². The number of hydrogen-bond acceptors (Lipinski definition) is 3. The normalized spacial score (nSPS) is 11.4. The summed E-state index contributed by atoms with van der Waals surface area (Å²) in [7, 11) is 1.37. The van der Waals surface area contributed by atoms with Crippen LogP contribution in [0.5, 0.6) is 11.5 Å². The summed E-state index contributed by atoms with van der Waals surface area (Å²) >= 11 is 3.16. The molecule has 1 rings (SSSR count). The van der Waals surface area contributed by atoms with Crippen molar-refractivity contribution in [1.29, 1.82) is 0 Å². The molecule has 1 aromatic carbocycles. The topological polar surface area (TPSA) is 38.7 Å². The van der Waals surface area contributed by atoms with E-state index in [0.717, 1.165) is 0 Å². The Labute approximate surface area is 111 Å². The molecule has 0 aliphatic carbocycles. The summed E-state index contributed by atoms with van der Waals surface area (Å²) in [5, 5.41) is 8.99. The molecule has 18 heavy (non-hydrogen) atoms. The minimum atomic E-state index is -4.26. The second-order valence-corrected chi connectivity index (χ2v) is 4.34. The van der Waals surface area contributed by atoms with Gasteiger partial charge < -0.3 is 14.6 Å². The first-order chi connectivity index (χ1) is 8.37. The van der Waals surface area contributed by atoms with Gasteiger partial charge in [0.2, 0.25) is 0 Å². The van der Waals surface area contributed by atoms with E-state index < -0.39 is 19.2 Å². The molecule has 0 atom stereocenters. The van der Waals surface area contributed by atoms with E-state index in [1.54, 1.807) is 6.07 Å². The van der Waals surface area contributed by atoms with Crippen molar-refractivity contribution in [2.24, 2.45) is 0 Å². The van der Waals surface area contributed by atoms with Gasteiger partial charge in [-0.25, -0.2) is 0 Å². The van der Waals surface area contributed by atoms with Crippen LogP contribution in [0.4, 0.5) is 13.2 Å². The van der Waals surface area contributed by atoms with Crippen molar-refractivity contribution in [3.8, 4) is 11.5 Å². The fourth-order valence-electron chi connectivity index (χ4n) is 1.27. The Bertz CT molecular complexity index is 407. The molecule has 0 heterocycles. The Morgan fingerprint density at radius 1 is 1.33 bits per heavy atom. The third-order valence-electron chi connectivity index (χ3n) is 2.10. The van der Waals surface area contributed by atoms with Crippen LogP contribution < -0.4 is 9.47 Å². The van der Waals surface area contributed by atoms with Crippen LogP contribution in [0.25, 0.3) is 0 Å². The third kappa shape index (κ3) is 4.38. The van der Waals surface area contributed by atoms with Crippen LogP contribution in [-0.2, 0) is 6.61 Å². The Hall–Kier alpha value is -0.950. The molecule has 7 heteroatoms. The fourth-order valence-corrected chi connectivity index (χ4v) is 1.88. The predicted molar refractivity (Wildman–Crippen MR) is 62.8 cm³/mol. The summed E-state index contributed by atoms with van der Waals surface area (Å²) < 4.78 is 46.5. The molecule has 1 aromatic rings. The number of ether oxygens (including phenoxy) is 2. The first kappa shape index (κ1) is 15.1. The van der Waals surface area contributed by atoms with E-state index in [1.807, 2.05) is 0 Å². The van der Waals surface area contributed by atoms with Gasteiger partial charge in [-0.3, -0.25) is 0 Å². The average molecular weight is 329 g/mol. The molecule has 1 N–H and O–H groups in total. The van der Waals surface area contributed by atoms with Crippen LogP contribution in [0.15, 0.2) is 16.6 Å². The molecule has 0 aliphatic heterocycles. The molecule has 0 saturated carbocycles. The van der Waals surface area contributed by atoms with Gasteiger partial charge in [0, 0.05) is 0 Å². The highest BCUT2D eigenvalue weighted by molar-refractivity contribution is 9.10. The van der Waals surface area contributed by atoms with Crippen LogP contribution in [-0.4, -0.2) is 25.0 Å². The molecule has 0 amide bonds. The lowest BCUT2D eigenvalue weighted by Gasteiger charge is -2.14. The van der Waals surface area contributed by atoms with Gasteiger partial charge in [-0.1, -0.05) is 0 Å².